The lowest BCUT2D eigenvalue weighted by Crippen LogP contribution is -2.14. The van der Waals surface area contributed by atoms with Crippen LogP contribution in [0, 0.1) is 19.7 Å². The van der Waals surface area contributed by atoms with Crippen LogP contribution in [0.15, 0.2) is 36.4 Å². The van der Waals surface area contributed by atoms with Gasteiger partial charge in [0.1, 0.15) is 0 Å². The number of ether oxygens (including phenoxy) is 1. The molecule has 0 aliphatic carbocycles. The van der Waals surface area contributed by atoms with Gasteiger partial charge in [0.15, 0.2) is 24.0 Å². The van der Waals surface area contributed by atoms with Crippen LogP contribution in [0.3, 0.4) is 0 Å². The van der Waals surface area contributed by atoms with E-state index >= 15 is 0 Å². The molecule has 2 nitrogen and oxygen atoms in total. The quantitative estimate of drug-likeness (QED) is 0.783. The van der Waals surface area contributed by atoms with E-state index in [4.69, 9.17) is 16.3 Å². The number of carbonyl (C=O) groups excluding carboxylic acids is 1. The van der Waals surface area contributed by atoms with Gasteiger partial charge < -0.3 is 4.74 Å². The fraction of sp³-hybridized carbons (Fsp3) is 0.188. The van der Waals surface area contributed by atoms with Gasteiger partial charge in [-0.3, -0.25) is 4.79 Å². The fourth-order valence-corrected chi connectivity index (χ4v) is 2.09. The predicted molar refractivity (Wildman–Crippen MR) is 77.2 cm³/mol. The summed E-state index contributed by atoms with van der Waals surface area (Å²) in [5.74, 6) is -0.871. The molecule has 0 bridgehead atoms. The molecule has 2 aromatic carbocycles. The molecule has 104 valence electrons. The average molecular weight is 293 g/mol. The van der Waals surface area contributed by atoms with Crippen molar-refractivity contribution in [1.29, 1.82) is 0 Å². The fourth-order valence-electron chi connectivity index (χ4n) is 1.87. The summed E-state index contributed by atoms with van der Waals surface area (Å²) >= 11 is 5.84. The number of hydrogen-bond donors (Lipinski definition) is 0. The van der Waals surface area contributed by atoms with E-state index in [1.165, 1.54) is 18.2 Å². The van der Waals surface area contributed by atoms with Crippen molar-refractivity contribution in [2.45, 2.75) is 13.8 Å². The molecule has 0 N–H and O–H groups in total. The van der Waals surface area contributed by atoms with Gasteiger partial charge in [-0.25, -0.2) is 4.39 Å². The monoisotopic (exact) mass is 292 g/mol. The van der Waals surface area contributed by atoms with Gasteiger partial charge in [0.05, 0.1) is 5.02 Å². The summed E-state index contributed by atoms with van der Waals surface area (Å²) < 4.78 is 18.7. The Morgan fingerprint density at radius 2 is 2.00 bits per heavy atom. The van der Waals surface area contributed by atoms with Crippen molar-refractivity contribution in [1.82, 2.24) is 0 Å². The highest BCUT2D eigenvalue weighted by atomic mass is 35.5. The minimum atomic E-state index is -0.578. The molecular weight excluding hydrogens is 279 g/mol. The summed E-state index contributed by atoms with van der Waals surface area (Å²) in [7, 11) is 0. The number of ketones is 1. The molecular formula is C16H14ClFO2. The first kappa shape index (κ1) is 14.5. The van der Waals surface area contributed by atoms with Crippen molar-refractivity contribution < 1.29 is 13.9 Å². The molecule has 2 aromatic rings. The summed E-state index contributed by atoms with van der Waals surface area (Å²) in [5, 5.41) is 0.152. The Bertz CT molecular complexity index is 633. The predicted octanol–water partition coefficient (Wildman–Crippen LogP) is 4.36. The Labute approximate surface area is 122 Å². The van der Waals surface area contributed by atoms with E-state index in [0.717, 1.165) is 11.1 Å². The minimum Gasteiger partial charge on any atom is -0.481 e. The lowest BCUT2D eigenvalue weighted by molar-refractivity contribution is 0.0918. The van der Waals surface area contributed by atoms with Crippen molar-refractivity contribution in [3.8, 4) is 5.75 Å². The van der Waals surface area contributed by atoms with Crippen LogP contribution < -0.4 is 4.74 Å². The van der Waals surface area contributed by atoms with Crippen LogP contribution in [-0.2, 0) is 0 Å². The topological polar surface area (TPSA) is 26.3 Å². The largest absolute Gasteiger partial charge is 0.481 e. The van der Waals surface area contributed by atoms with E-state index in [0.29, 0.717) is 5.56 Å². The molecule has 0 spiro atoms. The van der Waals surface area contributed by atoms with Gasteiger partial charge in [-0.15, -0.1) is 0 Å². The number of halogens is 2. The Balaban J connectivity index is 2.15. The van der Waals surface area contributed by atoms with Crippen LogP contribution in [0.1, 0.15) is 21.5 Å². The summed E-state index contributed by atoms with van der Waals surface area (Å²) in [4.78, 5) is 12.1. The number of aryl methyl sites for hydroxylation is 2. The first-order valence-electron chi connectivity index (χ1n) is 6.16. The van der Waals surface area contributed by atoms with Crippen LogP contribution in [0.4, 0.5) is 4.39 Å². The number of rotatable bonds is 4. The highest BCUT2D eigenvalue weighted by Crippen LogP contribution is 2.27. The third-order valence-electron chi connectivity index (χ3n) is 2.96. The molecule has 0 aliphatic rings. The highest BCUT2D eigenvalue weighted by molar-refractivity contribution is 6.32. The first-order valence-corrected chi connectivity index (χ1v) is 6.54. The molecule has 0 fully saturated rings. The zero-order valence-corrected chi connectivity index (χ0v) is 12.0. The molecule has 0 heterocycles. The second-order valence-corrected chi connectivity index (χ2v) is 4.99. The Hall–Kier alpha value is -1.87. The van der Waals surface area contributed by atoms with Gasteiger partial charge in [-0.05, 0) is 37.6 Å². The third kappa shape index (κ3) is 3.17. The van der Waals surface area contributed by atoms with E-state index in [1.54, 1.807) is 6.07 Å². The van der Waals surface area contributed by atoms with Crippen molar-refractivity contribution in [2.24, 2.45) is 0 Å². The Morgan fingerprint density at radius 3 is 2.70 bits per heavy atom. The number of benzene rings is 2. The van der Waals surface area contributed by atoms with Crippen LogP contribution in [0.2, 0.25) is 5.02 Å². The van der Waals surface area contributed by atoms with Gasteiger partial charge in [-0.2, -0.15) is 0 Å². The maximum Gasteiger partial charge on any atom is 0.200 e. The van der Waals surface area contributed by atoms with Crippen molar-refractivity contribution >= 4 is 17.4 Å². The van der Waals surface area contributed by atoms with Crippen LogP contribution in [0.5, 0.6) is 5.75 Å². The number of para-hydroxylation sites is 1. The SMILES string of the molecule is Cc1ccc(C)c(C(=O)COc2c(F)cccc2Cl)c1. The van der Waals surface area contributed by atoms with Gasteiger partial charge >= 0.3 is 0 Å². The molecule has 0 saturated carbocycles. The molecule has 0 aromatic heterocycles. The number of hydrogen-bond acceptors (Lipinski definition) is 2. The Kier molecular flexibility index (Phi) is 4.40. The van der Waals surface area contributed by atoms with Crippen LogP contribution in [0.25, 0.3) is 0 Å². The molecule has 0 saturated heterocycles. The van der Waals surface area contributed by atoms with E-state index in [9.17, 15) is 9.18 Å². The molecule has 0 unspecified atom stereocenters. The second-order valence-electron chi connectivity index (χ2n) is 4.58. The second kappa shape index (κ2) is 6.06. The van der Waals surface area contributed by atoms with Gasteiger partial charge in [-0.1, -0.05) is 35.4 Å². The molecule has 0 aliphatic heterocycles. The van der Waals surface area contributed by atoms with Crippen LogP contribution >= 0.6 is 11.6 Å². The van der Waals surface area contributed by atoms with E-state index in [1.807, 2.05) is 26.0 Å². The summed E-state index contributed by atoms with van der Waals surface area (Å²) in [6.07, 6.45) is 0. The lowest BCUT2D eigenvalue weighted by Gasteiger charge is -2.10. The smallest absolute Gasteiger partial charge is 0.200 e. The summed E-state index contributed by atoms with van der Waals surface area (Å²) in [6.45, 7) is 3.51. The summed E-state index contributed by atoms with van der Waals surface area (Å²) in [5.41, 5.74) is 2.43. The third-order valence-corrected chi connectivity index (χ3v) is 3.26. The highest BCUT2D eigenvalue weighted by Gasteiger charge is 2.13. The molecule has 20 heavy (non-hydrogen) atoms. The molecule has 0 atom stereocenters. The zero-order valence-electron chi connectivity index (χ0n) is 11.2. The molecule has 2 rings (SSSR count). The maximum absolute atomic E-state index is 13.5. The molecule has 0 radical (unpaired) electrons. The van der Waals surface area contributed by atoms with E-state index < -0.39 is 5.82 Å². The normalized spacial score (nSPS) is 10.4. The molecule has 0 amide bonds. The summed E-state index contributed by atoms with van der Waals surface area (Å²) in [6, 6.07) is 9.84. The lowest BCUT2D eigenvalue weighted by atomic mass is 10.0. The van der Waals surface area contributed by atoms with Gasteiger partial charge in [0.25, 0.3) is 0 Å². The van der Waals surface area contributed by atoms with Crippen molar-refractivity contribution in [2.75, 3.05) is 6.61 Å². The number of carbonyl (C=O) groups is 1. The van der Waals surface area contributed by atoms with Crippen LogP contribution in [-0.4, -0.2) is 12.4 Å². The van der Waals surface area contributed by atoms with Crippen molar-refractivity contribution in [3.05, 3.63) is 63.9 Å². The minimum absolute atomic E-state index is 0.0900. The average Bonchev–Trinajstić information content (AvgIpc) is 2.40. The first-order chi connectivity index (χ1) is 9.49. The van der Waals surface area contributed by atoms with E-state index in [-0.39, 0.29) is 23.2 Å². The maximum atomic E-state index is 13.5. The van der Waals surface area contributed by atoms with Crippen molar-refractivity contribution in [3.63, 3.8) is 0 Å². The van der Waals surface area contributed by atoms with Gasteiger partial charge in [0.2, 0.25) is 0 Å². The zero-order chi connectivity index (χ0) is 14.7. The number of Topliss-reactive ketones (excluding diaryl/α,β-unsaturated/α-hetero) is 1. The Morgan fingerprint density at radius 1 is 1.25 bits per heavy atom. The molecule has 4 heteroatoms. The van der Waals surface area contributed by atoms with E-state index in [2.05, 4.69) is 0 Å². The van der Waals surface area contributed by atoms with Gasteiger partial charge in [0, 0.05) is 5.56 Å². The standard InChI is InChI=1S/C16H14ClFO2/c1-10-6-7-11(2)12(8-10)15(19)9-20-16-13(17)4-3-5-14(16)18/h3-8H,9H2,1-2H3.